The van der Waals surface area contributed by atoms with Crippen molar-refractivity contribution in [2.75, 3.05) is 18.4 Å². The van der Waals surface area contributed by atoms with Gasteiger partial charge in [-0.25, -0.2) is 14.0 Å². The van der Waals surface area contributed by atoms with Gasteiger partial charge in [-0.3, -0.25) is 4.52 Å². The van der Waals surface area contributed by atoms with Crippen LogP contribution in [0.2, 0.25) is 0 Å². The Kier molecular flexibility index (Phi) is 4.87. The molecule has 2 aromatic heterocycles. The number of aromatic nitrogens is 4. The Morgan fingerprint density at radius 2 is 2.07 bits per heavy atom. The summed E-state index contributed by atoms with van der Waals surface area (Å²) in [5.74, 6) is 3.77. The Labute approximate surface area is 147 Å². The molecule has 3 aromatic rings. The first-order valence-corrected chi connectivity index (χ1v) is 7.31. The molecule has 2 heterocycles. The van der Waals surface area contributed by atoms with Gasteiger partial charge in [-0.2, -0.15) is 18.3 Å². The Bertz CT molecular complexity index is 1010. The molecular weight excluding hydrogens is 373 g/mol. The highest BCUT2D eigenvalue weighted by atomic mass is 19.4. The molecule has 3 N–H and O–H groups in total. The van der Waals surface area contributed by atoms with Gasteiger partial charge in [0, 0.05) is 6.54 Å². The van der Waals surface area contributed by atoms with Crippen LogP contribution in [-0.2, 0) is 6.18 Å². The fourth-order valence-corrected chi connectivity index (χ4v) is 2.18. The van der Waals surface area contributed by atoms with Crippen LogP contribution in [0.4, 0.5) is 19.0 Å². The van der Waals surface area contributed by atoms with E-state index in [0.717, 1.165) is 22.8 Å². The zero-order valence-electron chi connectivity index (χ0n) is 13.3. The molecule has 142 valence electrons. The van der Waals surface area contributed by atoms with Crippen molar-refractivity contribution in [2.24, 2.45) is 16.2 Å². The summed E-state index contributed by atoms with van der Waals surface area (Å²) in [6.45, 7) is 0.454. The SMILES string of the molecule is NN=NCCNc1nonc1-c1noc(=O)n1-c1cccc(C(F)(F)F)c1. The molecule has 0 saturated heterocycles. The number of anilines is 1. The molecule has 11 nitrogen and oxygen atoms in total. The molecule has 27 heavy (non-hydrogen) atoms. The standard InChI is InChI=1S/C13H11F3N8O3/c14-13(15,16)7-2-1-3-8(6-7)24-11(22-26-12(24)25)9-10(21-27-20-9)18-4-5-19-23-17/h1-3,6H,4-5H2,(H2,17,19)(H,18,21). The van der Waals surface area contributed by atoms with Crippen molar-refractivity contribution in [1.29, 1.82) is 0 Å². The molecule has 0 bridgehead atoms. The van der Waals surface area contributed by atoms with E-state index < -0.39 is 17.5 Å². The van der Waals surface area contributed by atoms with Gasteiger partial charge >= 0.3 is 11.9 Å². The van der Waals surface area contributed by atoms with Crippen LogP contribution in [-0.4, -0.2) is 33.1 Å². The number of nitrogens with zero attached hydrogens (tertiary/aromatic N) is 6. The Morgan fingerprint density at radius 1 is 1.26 bits per heavy atom. The summed E-state index contributed by atoms with van der Waals surface area (Å²) >= 11 is 0. The first kappa shape index (κ1) is 18.1. The van der Waals surface area contributed by atoms with Crippen LogP contribution in [0.1, 0.15) is 5.56 Å². The number of alkyl halides is 3. The second-order valence-corrected chi connectivity index (χ2v) is 5.02. The van der Waals surface area contributed by atoms with E-state index in [2.05, 4.69) is 40.3 Å². The predicted octanol–water partition coefficient (Wildman–Crippen LogP) is 1.63. The fraction of sp³-hybridized carbons (Fsp3) is 0.231. The van der Waals surface area contributed by atoms with Crippen LogP contribution in [0, 0.1) is 0 Å². The molecule has 0 fully saturated rings. The maximum absolute atomic E-state index is 13.0. The van der Waals surface area contributed by atoms with Gasteiger partial charge in [0.1, 0.15) is 0 Å². The monoisotopic (exact) mass is 384 g/mol. The summed E-state index contributed by atoms with van der Waals surface area (Å²) in [5.41, 5.74) is -1.09. The lowest BCUT2D eigenvalue weighted by atomic mass is 10.2. The highest BCUT2D eigenvalue weighted by Crippen LogP contribution is 2.31. The first-order valence-electron chi connectivity index (χ1n) is 7.31. The highest BCUT2D eigenvalue weighted by Gasteiger charge is 2.31. The van der Waals surface area contributed by atoms with Gasteiger partial charge < -0.3 is 11.2 Å². The molecule has 0 spiro atoms. The van der Waals surface area contributed by atoms with Crippen molar-refractivity contribution < 1.29 is 22.3 Å². The van der Waals surface area contributed by atoms with E-state index in [-0.39, 0.29) is 36.1 Å². The summed E-state index contributed by atoms with van der Waals surface area (Å²) in [5, 5.41) is 20.2. The molecule has 0 unspecified atom stereocenters. The Morgan fingerprint density at radius 3 is 2.81 bits per heavy atom. The van der Waals surface area contributed by atoms with E-state index in [4.69, 9.17) is 5.84 Å². The van der Waals surface area contributed by atoms with E-state index in [1.54, 1.807) is 0 Å². The van der Waals surface area contributed by atoms with Crippen LogP contribution < -0.4 is 16.9 Å². The molecule has 0 radical (unpaired) electrons. The summed E-state index contributed by atoms with van der Waals surface area (Å²) in [6.07, 6.45) is -4.59. The summed E-state index contributed by atoms with van der Waals surface area (Å²) in [7, 11) is 0. The minimum atomic E-state index is -4.59. The maximum Gasteiger partial charge on any atom is 0.446 e. The normalized spacial score (nSPS) is 12.0. The molecule has 0 amide bonds. The van der Waals surface area contributed by atoms with E-state index in [9.17, 15) is 18.0 Å². The average molecular weight is 384 g/mol. The van der Waals surface area contributed by atoms with Crippen molar-refractivity contribution in [3.63, 3.8) is 0 Å². The largest absolute Gasteiger partial charge is 0.446 e. The smallest absolute Gasteiger partial charge is 0.363 e. The molecule has 1 aromatic carbocycles. The minimum Gasteiger partial charge on any atom is -0.363 e. The van der Waals surface area contributed by atoms with Gasteiger partial charge in [0.15, 0.2) is 5.69 Å². The average Bonchev–Trinajstić information content (AvgIpc) is 3.24. The third-order valence-electron chi connectivity index (χ3n) is 3.32. The second-order valence-electron chi connectivity index (χ2n) is 5.02. The van der Waals surface area contributed by atoms with E-state index in [1.165, 1.54) is 6.07 Å². The Balaban J connectivity index is 2.00. The van der Waals surface area contributed by atoms with Crippen molar-refractivity contribution in [2.45, 2.75) is 6.18 Å². The third kappa shape index (κ3) is 3.78. The van der Waals surface area contributed by atoms with Crippen LogP contribution >= 0.6 is 0 Å². The maximum atomic E-state index is 13.0. The number of hydrogen-bond acceptors (Lipinski definition) is 9. The molecule has 0 atom stereocenters. The first-order chi connectivity index (χ1) is 12.9. The number of nitrogens with one attached hydrogen (secondary N) is 1. The van der Waals surface area contributed by atoms with E-state index >= 15 is 0 Å². The van der Waals surface area contributed by atoms with Crippen molar-refractivity contribution >= 4 is 5.82 Å². The third-order valence-corrected chi connectivity index (χ3v) is 3.32. The van der Waals surface area contributed by atoms with Gasteiger partial charge in [0.25, 0.3) is 0 Å². The van der Waals surface area contributed by atoms with E-state index in [1.807, 2.05) is 0 Å². The van der Waals surface area contributed by atoms with Gasteiger partial charge in [0.2, 0.25) is 11.6 Å². The number of halogens is 3. The molecule has 0 aliphatic carbocycles. The summed E-state index contributed by atoms with van der Waals surface area (Å²) in [6, 6.07) is 4.10. The van der Waals surface area contributed by atoms with E-state index in [0.29, 0.717) is 0 Å². The molecule has 3 rings (SSSR count). The zero-order valence-corrected chi connectivity index (χ0v) is 13.3. The number of hydrogen-bond donors (Lipinski definition) is 2. The molecule has 0 aliphatic rings. The quantitative estimate of drug-likeness (QED) is 0.282. The minimum absolute atomic E-state index is 0.0389. The van der Waals surface area contributed by atoms with Crippen molar-refractivity contribution in [3.8, 4) is 17.2 Å². The molecule has 14 heteroatoms. The van der Waals surface area contributed by atoms with Crippen LogP contribution in [0.25, 0.3) is 17.2 Å². The fourth-order valence-electron chi connectivity index (χ4n) is 2.18. The highest BCUT2D eigenvalue weighted by molar-refractivity contribution is 5.66. The van der Waals surface area contributed by atoms with Gasteiger partial charge in [-0.15, -0.1) is 0 Å². The van der Waals surface area contributed by atoms with Gasteiger partial charge in [-0.1, -0.05) is 16.4 Å². The number of nitrogens with two attached hydrogens (primary N) is 1. The molecular formula is C13H11F3N8O3. The number of rotatable bonds is 6. The Hall–Kier alpha value is -3.71. The molecule has 0 aliphatic heterocycles. The number of benzene rings is 1. The summed E-state index contributed by atoms with van der Waals surface area (Å²) in [4.78, 5) is 12.0. The zero-order chi connectivity index (χ0) is 19.4. The lowest BCUT2D eigenvalue weighted by molar-refractivity contribution is -0.137. The lowest BCUT2D eigenvalue weighted by Crippen LogP contribution is -2.15. The van der Waals surface area contributed by atoms with Crippen LogP contribution in [0.5, 0.6) is 0 Å². The predicted molar refractivity (Wildman–Crippen MR) is 82.8 cm³/mol. The lowest BCUT2D eigenvalue weighted by Gasteiger charge is -2.09. The van der Waals surface area contributed by atoms with Gasteiger partial charge in [0.05, 0.1) is 17.8 Å². The van der Waals surface area contributed by atoms with Crippen molar-refractivity contribution in [1.82, 2.24) is 20.0 Å². The second kappa shape index (κ2) is 7.27. The van der Waals surface area contributed by atoms with Crippen LogP contribution in [0.3, 0.4) is 0 Å². The molecule has 0 saturated carbocycles. The topological polar surface area (TPSA) is 150 Å². The van der Waals surface area contributed by atoms with Crippen LogP contribution in [0.15, 0.2) is 48.5 Å². The van der Waals surface area contributed by atoms with Gasteiger partial charge in [-0.05, 0) is 28.5 Å². The van der Waals surface area contributed by atoms with Crippen molar-refractivity contribution in [3.05, 3.63) is 40.4 Å². The summed E-state index contributed by atoms with van der Waals surface area (Å²) < 4.78 is 48.9.